The number of aryl methyl sites for hydroxylation is 2. The van der Waals surface area contributed by atoms with Crippen molar-refractivity contribution in [3.8, 4) is 11.5 Å². The van der Waals surface area contributed by atoms with Gasteiger partial charge in [0.05, 0.1) is 20.3 Å². The number of carbonyl (C=O) groups is 2. The van der Waals surface area contributed by atoms with E-state index in [1.165, 1.54) is 7.11 Å². The van der Waals surface area contributed by atoms with E-state index in [1.54, 1.807) is 18.2 Å². The third kappa shape index (κ3) is 8.29. The van der Waals surface area contributed by atoms with Crippen molar-refractivity contribution in [3.63, 3.8) is 0 Å². The molecule has 1 aromatic heterocycles. The molecule has 2 aromatic rings. The second-order valence-electron chi connectivity index (χ2n) is 7.50. The third-order valence-corrected chi connectivity index (χ3v) is 4.97. The number of unbranched alkanes of at least 4 members (excludes halogenated alkanes) is 1. The minimum atomic E-state index is -0.234. The predicted molar refractivity (Wildman–Crippen MR) is 122 cm³/mol. The van der Waals surface area contributed by atoms with Gasteiger partial charge in [0, 0.05) is 37.6 Å². The number of furan rings is 1. The maximum Gasteiger partial charge on any atom is 0.305 e. The largest absolute Gasteiger partial charge is 0.494 e. The Balaban J connectivity index is 2.10. The molecule has 1 aromatic carbocycles. The van der Waals surface area contributed by atoms with Gasteiger partial charge in [0.15, 0.2) is 0 Å². The van der Waals surface area contributed by atoms with Crippen molar-refractivity contribution in [2.45, 2.75) is 52.9 Å². The lowest BCUT2D eigenvalue weighted by atomic mass is 10.1. The van der Waals surface area contributed by atoms with Crippen LogP contribution in [0.2, 0.25) is 0 Å². The fourth-order valence-corrected chi connectivity index (χ4v) is 3.43. The average Bonchev–Trinajstić information content (AvgIpc) is 3.20. The molecule has 0 atom stereocenters. The fourth-order valence-electron chi connectivity index (χ4n) is 3.43. The van der Waals surface area contributed by atoms with E-state index in [0.717, 1.165) is 24.4 Å². The van der Waals surface area contributed by atoms with E-state index in [4.69, 9.17) is 18.6 Å². The molecular weight excluding hydrogens is 410 g/mol. The van der Waals surface area contributed by atoms with Gasteiger partial charge in [-0.05, 0) is 64.3 Å². The molecule has 0 N–H and O–H groups in total. The van der Waals surface area contributed by atoms with E-state index in [-0.39, 0.29) is 11.9 Å². The van der Waals surface area contributed by atoms with Crippen molar-refractivity contribution in [1.29, 1.82) is 0 Å². The summed E-state index contributed by atoms with van der Waals surface area (Å²) in [5, 5.41) is 0. The maximum atomic E-state index is 13.4. The molecule has 0 saturated carbocycles. The van der Waals surface area contributed by atoms with Crippen LogP contribution >= 0.6 is 0 Å². The molecule has 0 unspecified atom stereocenters. The Hall–Kier alpha value is -2.96. The van der Waals surface area contributed by atoms with Crippen molar-refractivity contribution in [2.75, 3.05) is 33.4 Å². The molecule has 0 aliphatic carbocycles. The lowest BCUT2D eigenvalue weighted by Gasteiger charge is -2.23. The molecule has 32 heavy (non-hydrogen) atoms. The highest BCUT2D eigenvalue weighted by Crippen LogP contribution is 2.24. The molecule has 0 aliphatic heterocycles. The molecule has 0 fully saturated rings. The van der Waals surface area contributed by atoms with E-state index in [0.29, 0.717) is 62.6 Å². The highest BCUT2D eigenvalue weighted by molar-refractivity contribution is 5.95. The summed E-state index contributed by atoms with van der Waals surface area (Å²) in [6.45, 7) is 7.86. The van der Waals surface area contributed by atoms with Gasteiger partial charge in [-0.3, -0.25) is 9.59 Å². The van der Waals surface area contributed by atoms with Crippen LogP contribution in [0.1, 0.15) is 61.4 Å². The summed E-state index contributed by atoms with van der Waals surface area (Å²) >= 11 is 0. The molecule has 7 heteroatoms. The summed E-state index contributed by atoms with van der Waals surface area (Å²) < 4.78 is 21.6. The van der Waals surface area contributed by atoms with Crippen LogP contribution in [0.3, 0.4) is 0 Å². The number of hydrogen-bond acceptors (Lipinski definition) is 6. The normalized spacial score (nSPS) is 10.6. The van der Waals surface area contributed by atoms with Gasteiger partial charge in [-0.25, -0.2) is 0 Å². The number of amides is 1. The Morgan fingerprint density at radius 1 is 0.938 bits per heavy atom. The highest BCUT2D eigenvalue weighted by atomic mass is 16.5. The van der Waals surface area contributed by atoms with Gasteiger partial charge in [-0.15, -0.1) is 0 Å². The molecule has 176 valence electrons. The van der Waals surface area contributed by atoms with Gasteiger partial charge in [-0.2, -0.15) is 0 Å². The molecule has 7 nitrogen and oxygen atoms in total. The van der Waals surface area contributed by atoms with Gasteiger partial charge in [0.2, 0.25) is 0 Å². The van der Waals surface area contributed by atoms with Crippen LogP contribution < -0.4 is 9.47 Å². The SMILES string of the molecule is CCOc1cc(OCC)cc(C(=O)N(CCCCC(=O)OC)CCCc2ccc(C)o2)c1. The summed E-state index contributed by atoms with van der Waals surface area (Å²) in [7, 11) is 1.38. The minimum Gasteiger partial charge on any atom is -0.494 e. The Labute approximate surface area is 190 Å². The Morgan fingerprint density at radius 2 is 1.59 bits per heavy atom. The van der Waals surface area contributed by atoms with Crippen LogP contribution in [0, 0.1) is 6.92 Å². The standard InChI is InChI=1S/C25H35NO6/c1-5-30-22-16-20(17-23(18-22)31-6-2)25(28)26(14-8-7-11-24(27)29-4)15-9-10-21-13-12-19(3)32-21/h12-13,16-18H,5-11,14-15H2,1-4H3. The monoisotopic (exact) mass is 445 g/mol. The molecule has 0 radical (unpaired) electrons. The smallest absolute Gasteiger partial charge is 0.305 e. The fraction of sp³-hybridized carbons (Fsp3) is 0.520. The van der Waals surface area contributed by atoms with Crippen molar-refractivity contribution < 1.29 is 28.2 Å². The molecule has 0 saturated heterocycles. The lowest BCUT2D eigenvalue weighted by molar-refractivity contribution is -0.140. The topological polar surface area (TPSA) is 78.2 Å². The van der Waals surface area contributed by atoms with Crippen LogP contribution in [-0.4, -0.2) is 50.2 Å². The predicted octanol–water partition coefficient (Wildman–Crippen LogP) is 4.80. The van der Waals surface area contributed by atoms with Gasteiger partial charge in [0.1, 0.15) is 23.0 Å². The molecular formula is C25H35NO6. The lowest BCUT2D eigenvalue weighted by Crippen LogP contribution is -2.33. The molecule has 0 spiro atoms. The molecule has 0 aliphatic rings. The summed E-state index contributed by atoms with van der Waals surface area (Å²) in [4.78, 5) is 26.6. The summed E-state index contributed by atoms with van der Waals surface area (Å²) in [6.07, 6.45) is 3.25. The number of rotatable bonds is 14. The van der Waals surface area contributed by atoms with E-state index >= 15 is 0 Å². The van der Waals surface area contributed by atoms with E-state index in [9.17, 15) is 9.59 Å². The summed E-state index contributed by atoms with van der Waals surface area (Å²) in [6, 6.07) is 9.22. The van der Waals surface area contributed by atoms with Crippen LogP contribution in [0.4, 0.5) is 0 Å². The van der Waals surface area contributed by atoms with Gasteiger partial charge < -0.3 is 23.5 Å². The number of ether oxygens (including phenoxy) is 3. The zero-order valence-corrected chi connectivity index (χ0v) is 19.6. The zero-order valence-electron chi connectivity index (χ0n) is 19.6. The Kier molecular flexibility index (Phi) is 10.6. The van der Waals surface area contributed by atoms with Crippen molar-refractivity contribution in [1.82, 2.24) is 4.90 Å². The average molecular weight is 446 g/mol. The Bertz CT molecular complexity index is 836. The van der Waals surface area contributed by atoms with Gasteiger partial charge in [0.25, 0.3) is 5.91 Å². The zero-order chi connectivity index (χ0) is 23.3. The van der Waals surface area contributed by atoms with Crippen molar-refractivity contribution in [2.24, 2.45) is 0 Å². The third-order valence-electron chi connectivity index (χ3n) is 4.97. The van der Waals surface area contributed by atoms with Crippen LogP contribution in [0.15, 0.2) is 34.7 Å². The highest BCUT2D eigenvalue weighted by Gasteiger charge is 2.18. The van der Waals surface area contributed by atoms with Gasteiger partial charge in [-0.1, -0.05) is 0 Å². The van der Waals surface area contributed by atoms with Crippen molar-refractivity contribution >= 4 is 11.9 Å². The minimum absolute atomic E-state index is 0.0822. The number of nitrogens with zero attached hydrogens (tertiary/aromatic N) is 1. The quantitative estimate of drug-likeness (QED) is 0.307. The van der Waals surface area contributed by atoms with Crippen LogP contribution in [-0.2, 0) is 16.0 Å². The first-order valence-electron chi connectivity index (χ1n) is 11.3. The van der Waals surface area contributed by atoms with Crippen molar-refractivity contribution in [3.05, 3.63) is 47.4 Å². The maximum absolute atomic E-state index is 13.4. The Morgan fingerprint density at radius 3 is 2.16 bits per heavy atom. The first-order valence-corrected chi connectivity index (χ1v) is 11.3. The van der Waals surface area contributed by atoms with E-state index in [1.807, 2.05) is 37.8 Å². The van der Waals surface area contributed by atoms with E-state index < -0.39 is 0 Å². The number of methoxy groups -OCH3 is 1. The second kappa shape index (κ2) is 13.5. The van der Waals surface area contributed by atoms with Gasteiger partial charge >= 0.3 is 5.97 Å². The second-order valence-corrected chi connectivity index (χ2v) is 7.50. The molecule has 1 amide bonds. The number of hydrogen-bond donors (Lipinski definition) is 0. The van der Waals surface area contributed by atoms with Crippen LogP contribution in [0.5, 0.6) is 11.5 Å². The number of esters is 1. The molecule has 2 rings (SSSR count). The summed E-state index contributed by atoms with van der Waals surface area (Å²) in [5.74, 6) is 2.70. The van der Waals surface area contributed by atoms with Crippen LogP contribution in [0.25, 0.3) is 0 Å². The molecule has 1 heterocycles. The molecule has 0 bridgehead atoms. The first kappa shape index (κ1) is 25.3. The van der Waals surface area contributed by atoms with E-state index in [2.05, 4.69) is 0 Å². The number of carbonyl (C=O) groups excluding carboxylic acids is 2. The summed E-state index contributed by atoms with van der Waals surface area (Å²) in [5.41, 5.74) is 0.529. The first-order chi connectivity index (χ1) is 15.5. The number of benzene rings is 1.